The number of benzene rings is 4. The zero-order chi connectivity index (χ0) is 32.2. The zero-order valence-corrected chi connectivity index (χ0v) is 26.1. The highest BCUT2D eigenvalue weighted by molar-refractivity contribution is 7.07. The minimum atomic E-state index is -0.725. The lowest BCUT2D eigenvalue weighted by atomic mass is 9.95. The van der Waals surface area contributed by atoms with Gasteiger partial charge < -0.3 is 19.5 Å². The molecule has 5 aromatic rings. The van der Waals surface area contributed by atoms with Gasteiger partial charge in [-0.25, -0.2) is 9.38 Å². The number of anilines is 1. The molecule has 10 heteroatoms. The Morgan fingerprint density at radius 2 is 1.70 bits per heavy atom. The number of rotatable bonds is 9. The molecule has 1 amide bonds. The quantitative estimate of drug-likeness (QED) is 0.228. The summed E-state index contributed by atoms with van der Waals surface area (Å²) in [5.41, 5.74) is 3.08. The monoisotopic (exact) mass is 635 g/mol. The third-order valence-corrected chi connectivity index (χ3v) is 8.54. The number of hydrogen-bond donors (Lipinski definition) is 1. The number of amides is 1. The van der Waals surface area contributed by atoms with Gasteiger partial charge in [-0.1, -0.05) is 65.9 Å². The van der Waals surface area contributed by atoms with Gasteiger partial charge in [0.1, 0.15) is 18.2 Å². The Bertz CT molecular complexity index is 2120. The highest BCUT2D eigenvalue weighted by Crippen LogP contribution is 2.32. The zero-order valence-electron chi connectivity index (χ0n) is 25.3. The number of thiazole rings is 1. The van der Waals surface area contributed by atoms with E-state index in [1.807, 2.05) is 30.3 Å². The molecule has 0 fully saturated rings. The van der Waals surface area contributed by atoms with E-state index in [0.717, 1.165) is 5.56 Å². The first-order valence-corrected chi connectivity index (χ1v) is 15.2. The molecule has 232 valence electrons. The Kier molecular flexibility index (Phi) is 8.80. The van der Waals surface area contributed by atoms with Crippen LogP contribution in [-0.2, 0) is 11.4 Å². The van der Waals surface area contributed by atoms with Crippen molar-refractivity contribution in [2.24, 2.45) is 4.99 Å². The molecule has 0 saturated carbocycles. The molecule has 0 spiro atoms. The van der Waals surface area contributed by atoms with Gasteiger partial charge >= 0.3 is 0 Å². The molecule has 1 unspecified atom stereocenters. The molecule has 8 nitrogen and oxygen atoms in total. The van der Waals surface area contributed by atoms with Crippen molar-refractivity contribution in [3.63, 3.8) is 0 Å². The van der Waals surface area contributed by atoms with Crippen LogP contribution >= 0.6 is 11.3 Å². The van der Waals surface area contributed by atoms with Gasteiger partial charge in [0, 0.05) is 11.3 Å². The smallest absolute Gasteiger partial charge is 0.271 e. The molecule has 1 aliphatic heterocycles. The number of halogens is 1. The summed E-state index contributed by atoms with van der Waals surface area (Å²) < 4.78 is 32.8. The summed E-state index contributed by atoms with van der Waals surface area (Å²) in [4.78, 5) is 33.0. The molecule has 1 aliphatic rings. The summed E-state index contributed by atoms with van der Waals surface area (Å²) in [6.45, 7) is 1.81. The van der Waals surface area contributed by atoms with Crippen LogP contribution < -0.4 is 34.4 Å². The van der Waals surface area contributed by atoms with Gasteiger partial charge in [-0.2, -0.15) is 0 Å². The van der Waals surface area contributed by atoms with E-state index in [1.54, 1.807) is 85.3 Å². The number of hydrogen-bond acceptors (Lipinski definition) is 7. The standard InChI is InChI=1S/C36H30FN3O5S/c1-22-32(34(41)39-26-10-5-4-6-11-26)33(24-14-16-27(43-2)17-15-24)40-35(42)31(46-36(40)38-22)20-23-13-18-29(30(19-23)44-3)45-21-25-9-7-8-12-28(25)37/h4-20,33H,21H2,1-3H3,(H,39,41). The van der Waals surface area contributed by atoms with E-state index < -0.39 is 6.04 Å². The van der Waals surface area contributed by atoms with E-state index in [1.165, 1.54) is 24.5 Å². The van der Waals surface area contributed by atoms with Gasteiger partial charge in [0.2, 0.25) is 0 Å². The summed E-state index contributed by atoms with van der Waals surface area (Å²) in [7, 11) is 3.10. The Hall–Kier alpha value is -5.48. The fourth-order valence-electron chi connectivity index (χ4n) is 5.25. The molecular formula is C36H30FN3O5S. The fraction of sp³-hybridized carbons (Fsp3) is 0.139. The lowest BCUT2D eigenvalue weighted by molar-refractivity contribution is -0.113. The first-order chi connectivity index (χ1) is 22.4. The second-order valence-corrected chi connectivity index (χ2v) is 11.5. The van der Waals surface area contributed by atoms with Crippen molar-refractivity contribution in [1.82, 2.24) is 4.57 Å². The van der Waals surface area contributed by atoms with E-state index in [0.29, 0.717) is 54.7 Å². The molecule has 0 saturated heterocycles. The maximum Gasteiger partial charge on any atom is 0.271 e. The van der Waals surface area contributed by atoms with Crippen LogP contribution in [0.2, 0.25) is 0 Å². The van der Waals surface area contributed by atoms with Crippen LogP contribution in [-0.4, -0.2) is 24.7 Å². The molecule has 1 N–H and O–H groups in total. The topological polar surface area (TPSA) is 91.2 Å². The van der Waals surface area contributed by atoms with Gasteiger partial charge in [-0.05, 0) is 66.6 Å². The Balaban J connectivity index is 1.38. The molecule has 6 rings (SSSR count). The van der Waals surface area contributed by atoms with Crippen molar-refractivity contribution in [2.75, 3.05) is 19.5 Å². The molecular weight excluding hydrogens is 605 g/mol. The minimum Gasteiger partial charge on any atom is -0.497 e. The third-order valence-electron chi connectivity index (χ3n) is 7.56. The number of methoxy groups -OCH3 is 2. The van der Waals surface area contributed by atoms with E-state index in [9.17, 15) is 14.0 Å². The Morgan fingerprint density at radius 3 is 2.41 bits per heavy atom. The van der Waals surface area contributed by atoms with Crippen molar-refractivity contribution in [3.8, 4) is 17.2 Å². The van der Waals surface area contributed by atoms with E-state index in [4.69, 9.17) is 19.2 Å². The predicted octanol–water partition coefficient (Wildman–Crippen LogP) is 5.61. The number of aromatic nitrogens is 1. The van der Waals surface area contributed by atoms with Crippen LogP contribution in [0.25, 0.3) is 6.08 Å². The lowest BCUT2D eigenvalue weighted by Crippen LogP contribution is -2.40. The Morgan fingerprint density at radius 1 is 0.957 bits per heavy atom. The van der Waals surface area contributed by atoms with Gasteiger partial charge in [-0.3, -0.25) is 14.2 Å². The fourth-order valence-corrected chi connectivity index (χ4v) is 6.30. The average molecular weight is 636 g/mol. The van der Waals surface area contributed by atoms with Gasteiger partial charge in [0.25, 0.3) is 11.5 Å². The number of nitrogens with one attached hydrogen (secondary N) is 1. The summed E-state index contributed by atoms with van der Waals surface area (Å²) >= 11 is 1.24. The van der Waals surface area contributed by atoms with Crippen LogP contribution in [0.15, 0.2) is 118 Å². The summed E-state index contributed by atoms with van der Waals surface area (Å²) in [6.07, 6.45) is 1.75. The van der Waals surface area contributed by atoms with Crippen LogP contribution in [0, 0.1) is 5.82 Å². The largest absolute Gasteiger partial charge is 0.497 e. The SMILES string of the molecule is COc1ccc(C2C(C(=O)Nc3ccccc3)=C(C)N=c3sc(=Cc4ccc(OCc5ccccc5F)c(OC)c4)c(=O)n32)cc1. The number of para-hydroxylation sites is 1. The van der Waals surface area contributed by atoms with Crippen molar-refractivity contribution in [2.45, 2.75) is 19.6 Å². The van der Waals surface area contributed by atoms with Crippen LogP contribution in [0.4, 0.5) is 10.1 Å². The van der Waals surface area contributed by atoms with Crippen molar-refractivity contribution in [1.29, 1.82) is 0 Å². The Labute approximate surface area is 268 Å². The molecule has 2 heterocycles. The number of allylic oxidation sites excluding steroid dienone is 1. The van der Waals surface area contributed by atoms with Crippen LogP contribution in [0.1, 0.15) is 29.7 Å². The molecule has 0 bridgehead atoms. The first kappa shape index (κ1) is 30.5. The summed E-state index contributed by atoms with van der Waals surface area (Å²) in [6, 6.07) is 27.4. The number of carbonyl (C=O) groups excluding carboxylic acids is 1. The number of carbonyl (C=O) groups is 1. The van der Waals surface area contributed by atoms with Crippen LogP contribution in [0.3, 0.4) is 0 Å². The normalized spacial score (nSPS) is 14.3. The van der Waals surface area contributed by atoms with Crippen molar-refractivity contribution >= 4 is 29.0 Å². The lowest BCUT2D eigenvalue weighted by Gasteiger charge is -2.25. The van der Waals surface area contributed by atoms with Gasteiger partial charge in [-0.15, -0.1) is 0 Å². The number of fused-ring (bicyclic) bond motifs is 1. The first-order valence-electron chi connectivity index (χ1n) is 14.4. The molecule has 0 radical (unpaired) electrons. The maximum absolute atomic E-state index is 14.1. The number of ether oxygens (including phenoxy) is 3. The summed E-state index contributed by atoms with van der Waals surface area (Å²) in [5, 5.41) is 2.96. The third kappa shape index (κ3) is 6.20. The number of nitrogens with zero attached hydrogens (tertiary/aromatic N) is 2. The highest BCUT2D eigenvalue weighted by Gasteiger charge is 2.32. The van der Waals surface area contributed by atoms with Crippen molar-refractivity contribution in [3.05, 3.63) is 151 Å². The van der Waals surface area contributed by atoms with E-state index in [2.05, 4.69) is 5.32 Å². The summed E-state index contributed by atoms with van der Waals surface area (Å²) in [5.74, 6) is 0.830. The van der Waals surface area contributed by atoms with Crippen LogP contribution in [0.5, 0.6) is 17.2 Å². The molecule has 1 atom stereocenters. The molecule has 46 heavy (non-hydrogen) atoms. The van der Waals surface area contributed by atoms with E-state index >= 15 is 0 Å². The molecule has 0 aliphatic carbocycles. The van der Waals surface area contributed by atoms with E-state index in [-0.39, 0.29) is 23.9 Å². The molecule has 4 aromatic carbocycles. The second kappa shape index (κ2) is 13.3. The van der Waals surface area contributed by atoms with Gasteiger partial charge in [0.15, 0.2) is 16.3 Å². The maximum atomic E-state index is 14.1. The second-order valence-electron chi connectivity index (χ2n) is 10.5. The average Bonchev–Trinajstić information content (AvgIpc) is 3.38. The van der Waals surface area contributed by atoms with Crippen molar-refractivity contribution < 1.29 is 23.4 Å². The van der Waals surface area contributed by atoms with Gasteiger partial charge in [0.05, 0.1) is 36.1 Å². The molecule has 1 aromatic heterocycles. The highest BCUT2D eigenvalue weighted by atomic mass is 32.1. The minimum absolute atomic E-state index is 0.0336. The predicted molar refractivity (Wildman–Crippen MR) is 176 cm³/mol.